The molecule has 0 fully saturated rings. The standard InChI is InChI=1S/C47H91NO3/c1-3-5-7-9-11-13-15-17-18-19-20-21-22-23-24-25-26-27-28-29-31-32-34-36-38-40-42-46(50)45(44-49)48-47(51)43-41-39-37-35-33-30-16-14-12-10-8-6-4-2/h8,10,14,16,45-46,49-50H,3-7,9,11-13,15,17-44H2,1-2H3,(H,48,51)/b10-8-,16-14-. The summed E-state index contributed by atoms with van der Waals surface area (Å²) in [5, 5.41) is 23.2. The molecular weight excluding hydrogens is 627 g/mol. The maximum atomic E-state index is 12.4. The summed E-state index contributed by atoms with van der Waals surface area (Å²) >= 11 is 0. The third kappa shape index (κ3) is 39.9. The van der Waals surface area contributed by atoms with Crippen LogP contribution in [0.2, 0.25) is 0 Å². The topological polar surface area (TPSA) is 69.6 Å². The Morgan fingerprint density at radius 3 is 1.25 bits per heavy atom. The summed E-state index contributed by atoms with van der Waals surface area (Å²) in [6, 6.07) is -0.541. The molecule has 0 saturated heterocycles. The van der Waals surface area contributed by atoms with Crippen molar-refractivity contribution in [3.63, 3.8) is 0 Å². The average molecular weight is 718 g/mol. The number of carbonyl (C=O) groups is 1. The van der Waals surface area contributed by atoms with E-state index in [1.807, 2.05) is 0 Å². The van der Waals surface area contributed by atoms with Crippen LogP contribution in [0.25, 0.3) is 0 Å². The highest BCUT2D eigenvalue weighted by Gasteiger charge is 2.20. The predicted octanol–water partition coefficient (Wildman–Crippen LogP) is 14.4. The minimum atomic E-state index is -0.663. The minimum Gasteiger partial charge on any atom is -0.394 e. The molecule has 0 spiro atoms. The van der Waals surface area contributed by atoms with Gasteiger partial charge in [-0.05, 0) is 38.5 Å². The van der Waals surface area contributed by atoms with Gasteiger partial charge in [-0.2, -0.15) is 0 Å². The second-order valence-corrected chi connectivity index (χ2v) is 15.8. The lowest BCUT2D eigenvalue weighted by Crippen LogP contribution is -2.45. The molecule has 1 amide bonds. The van der Waals surface area contributed by atoms with Crippen LogP contribution < -0.4 is 5.32 Å². The van der Waals surface area contributed by atoms with E-state index in [2.05, 4.69) is 43.5 Å². The summed E-state index contributed by atoms with van der Waals surface area (Å²) in [7, 11) is 0. The fourth-order valence-corrected chi connectivity index (χ4v) is 7.16. The lowest BCUT2D eigenvalue weighted by molar-refractivity contribution is -0.123. The fourth-order valence-electron chi connectivity index (χ4n) is 7.16. The molecule has 302 valence electrons. The van der Waals surface area contributed by atoms with Crippen LogP contribution in [0.3, 0.4) is 0 Å². The number of unbranched alkanes of at least 4 members (excludes halogenated alkanes) is 31. The van der Waals surface area contributed by atoms with Gasteiger partial charge in [-0.3, -0.25) is 4.79 Å². The van der Waals surface area contributed by atoms with Crippen molar-refractivity contribution in [2.75, 3.05) is 6.61 Å². The zero-order chi connectivity index (χ0) is 37.1. The maximum Gasteiger partial charge on any atom is 0.220 e. The van der Waals surface area contributed by atoms with Crippen molar-refractivity contribution in [3.8, 4) is 0 Å². The Hall–Kier alpha value is -1.13. The van der Waals surface area contributed by atoms with E-state index in [9.17, 15) is 15.0 Å². The number of rotatable bonds is 42. The van der Waals surface area contributed by atoms with Gasteiger partial charge in [-0.1, -0.05) is 231 Å². The Labute approximate surface area is 319 Å². The molecule has 2 atom stereocenters. The van der Waals surface area contributed by atoms with Crippen LogP contribution in [-0.2, 0) is 4.79 Å². The second kappa shape index (κ2) is 43.3. The van der Waals surface area contributed by atoms with Gasteiger partial charge < -0.3 is 15.5 Å². The Balaban J connectivity index is 3.44. The van der Waals surface area contributed by atoms with Crippen LogP contribution >= 0.6 is 0 Å². The zero-order valence-corrected chi connectivity index (χ0v) is 34.6. The second-order valence-electron chi connectivity index (χ2n) is 15.8. The molecule has 0 aliphatic heterocycles. The summed E-state index contributed by atoms with van der Waals surface area (Å²) < 4.78 is 0. The summed E-state index contributed by atoms with van der Waals surface area (Å²) in [5.74, 6) is -0.0443. The number of carbonyl (C=O) groups excluding carboxylic acids is 1. The van der Waals surface area contributed by atoms with Crippen molar-refractivity contribution < 1.29 is 15.0 Å². The van der Waals surface area contributed by atoms with Crippen molar-refractivity contribution in [1.82, 2.24) is 5.32 Å². The first-order valence-electron chi connectivity index (χ1n) is 23.0. The van der Waals surface area contributed by atoms with Gasteiger partial charge in [0.05, 0.1) is 18.8 Å². The molecule has 0 radical (unpaired) electrons. The molecule has 0 aliphatic rings. The molecule has 0 aromatic carbocycles. The first kappa shape index (κ1) is 49.9. The van der Waals surface area contributed by atoms with Crippen molar-refractivity contribution in [3.05, 3.63) is 24.3 Å². The molecule has 0 saturated carbocycles. The molecular formula is C47H91NO3. The van der Waals surface area contributed by atoms with Gasteiger partial charge in [-0.15, -0.1) is 0 Å². The van der Waals surface area contributed by atoms with Crippen molar-refractivity contribution in [1.29, 1.82) is 0 Å². The molecule has 0 heterocycles. The quantitative estimate of drug-likeness (QED) is 0.0435. The number of hydrogen-bond donors (Lipinski definition) is 3. The fraction of sp³-hybridized carbons (Fsp3) is 0.894. The van der Waals surface area contributed by atoms with Gasteiger partial charge in [0.2, 0.25) is 5.91 Å². The van der Waals surface area contributed by atoms with Crippen molar-refractivity contribution >= 4 is 5.91 Å². The first-order chi connectivity index (χ1) is 25.2. The Kier molecular flexibility index (Phi) is 42.3. The van der Waals surface area contributed by atoms with E-state index < -0.39 is 12.1 Å². The Morgan fingerprint density at radius 1 is 0.471 bits per heavy atom. The molecule has 0 rings (SSSR count). The SMILES string of the molecule is CCC/C=C\C/C=C\CCCCCCCC(=O)NC(CO)C(O)CCCCCCCCCCCCCCCCCCCCCCCCCCCC. The van der Waals surface area contributed by atoms with Crippen LogP contribution in [0.15, 0.2) is 24.3 Å². The summed E-state index contributed by atoms with van der Waals surface area (Å²) in [4.78, 5) is 12.4. The molecule has 4 heteroatoms. The average Bonchev–Trinajstić information content (AvgIpc) is 3.13. The van der Waals surface area contributed by atoms with Gasteiger partial charge in [0, 0.05) is 6.42 Å². The molecule has 51 heavy (non-hydrogen) atoms. The zero-order valence-electron chi connectivity index (χ0n) is 34.6. The third-order valence-corrected chi connectivity index (χ3v) is 10.7. The Morgan fingerprint density at radius 2 is 0.843 bits per heavy atom. The highest BCUT2D eigenvalue weighted by molar-refractivity contribution is 5.76. The van der Waals surface area contributed by atoms with Gasteiger partial charge in [0.25, 0.3) is 0 Å². The van der Waals surface area contributed by atoms with Crippen LogP contribution in [0.5, 0.6) is 0 Å². The highest BCUT2D eigenvalue weighted by atomic mass is 16.3. The number of allylic oxidation sites excluding steroid dienone is 4. The number of hydrogen-bond acceptors (Lipinski definition) is 3. The third-order valence-electron chi connectivity index (χ3n) is 10.7. The molecule has 0 aromatic rings. The lowest BCUT2D eigenvalue weighted by atomic mass is 10.0. The first-order valence-corrected chi connectivity index (χ1v) is 23.0. The van der Waals surface area contributed by atoms with Crippen LogP contribution in [0, 0.1) is 0 Å². The van der Waals surface area contributed by atoms with Crippen molar-refractivity contribution in [2.24, 2.45) is 0 Å². The van der Waals surface area contributed by atoms with Crippen LogP contribution in [-0.4, -0.2) is 34.9 Å². The Bertz CT molecular complexity index is 735. The number of aliphatic hydroxyl groups is 2. The highest BCUT2D eigenvalue weighted by Crippen LogP contribution is 2.17. The molecule has 0 aliphatic carbocycles. The van der Waals surface area contributed by atoms with Gasteiger partial charge in [-0.25, -0.2) is 0 Å². The lowest BCUT2D eigenvalue weighted by Gasteiger charge is -2.22. The molecule has 3 N–H and O–H groups in total. The van der Waals surface area contributed by atoms with Gasteiger partial charge in [0.1, 0.15) is 0 Å². The summed E-state index contributed by atoms with van der Waals surface area (Å²) in [5.41, 5.74) is 0. The molecule has 0 aromatic heterocycles. The van der Waals surface area contributed by atoms with E-state index in [1.54, 1.807) is 0 Å². The van der Waals surface area contributed by atoms with E-state index >= 15 is 0 Å². The van der Waals surface area contributed by atoms with Crippen molar-refractivity contribution in [2.45, 2.75) is 264 Å². The smallest absolute Gasteiger partial charge is 0.220 e. The monoisotopic (exact) mass is 718 g/mol. The van der Waals surface area contributed by atoms with E-state index in [4.69, 9.17) is 0 Å². The predicted molar refractivity (Wildman–Crippen MR) is 225 cm³/mol. The minimum absolute atomic E-state index is 0.0443. The molecule has 4 nitrogen and oxygen atoms in total. The largest absolute Gasteiger partial charge is 0.394 e. The molecule has 0 bridgehead atoms. The number of nitrogens with one attached hydrogen (secondary N) is 1. The van der Waals surface area contributed by atoms with E-state index in [-0.39, 0.29) is 12.5 Å². The van der Waals surface area contributed by atoms with Gasteiger partial charge >= 0.3 is 0 Å². The number of aliphatic hydroxyl groups excluding tert-OH is 2. The summed E-state index contributed by atoms with van der Waals surface area (Å²) in [6.45, 7) is 4.30. The molecule has 2 unspecified atom stereocenters. The van der Waals surface area contributed by atoms with Crippen LogP contribution in [0.1, 0.15) is 251 Å². The number of amides is 1. The van der Waals surface area contributed by atoms with E-state index in [0.717, 1.165) is 44.9 Å². The van der Waals surface area contributed by atoms with E-state index in [1.165, 1.54) is 180 Å². The normalized spacial score (nSPS) is 13.1. The maximum absolute atomic E-state index is 12.4. The summed E-state index contributed by atoms with van der Waals surface area (Å²) in [6.07, 6.45) is 55.6. The van der Waals surface area contributed by atoms with Gasteiger partial charge in [0.15, 0.2) is 0 Å². The van der Waals surface area contributed by atoms with Crippen LogP contribution in [0.4, 0.5) is 0 Å². The van der Waals surface area contributed by atoms with E-state index in [0.29, 0.717) is 12.8 Å².